The van der Waals surface area contributed by atoms with Crippen LogP contribution in [0.15, 0.2) is 18.2 Å². The molecular formula is C16H20O2. The number of methoxy groups -OCH3 is 1. The fraction of sp³-hybridized carbons (Fsp3) is 0.562. The number of Topliss-reactive ketones (excluding diaryl/α,β-unsaturated/α-hetero) is 1. The Morgan fingerprint density at radius 2 is 2.17 bits per heavy atom. The van der Waals surface area contributed by atoms with E-state index in [0.717, 1.165) is 24.2 Å². The Balaban J connectivity index is 2.07. The summed E-state index contributed by atoms with van der Waals surface area (Å²) in [5, 5.41) is 0. The fourth-order valence-corrected chi connectivity index (χ4v) is 3.68. The van der Waals surface area contributed by atoms with Crippen molar-refractivity contribution >= 4 is 5.78 Å². The van der Waals surface area contributed by atoms with Crippen LogP contribution in [0.5, 0.6) is 5.75 Å². The maximum absolute atomic E-state index is 12.8. The third-order valence-corrected chi connectivity index (χ3v) is 4.95. The van der Waals surface area contributed by atoms with Crippen LogP contribution in [0, 0.1) is 11.3 Å². The molecule has 2 aliphatic carbocycles. The molecule has 2 unspecified atom stereocenters. The van der Waals surface area contributed by atoms with Gasteiger partial charge in [-0.3, -0.25) is 4.79 Å². The summed E-state index contributed by atoms with van der Waals surface area (Å²) in [6.45, 7) is 2.17. The van der Waals surface area contributed by atoms with Crippen molar-refractivity contribution in [3.8, 4) is 5.75 Å². The Kier molecular flexibility index (Phi) is 2.69. The third kappa shape index (κ3) is 1.58. The van der Waals surface area contributed by atoms with Gasteiger partial charge in [0.1, 0.15) is 5.75 Å². The number of rotatable bonds is 1. The summed E-state index contributed by atoms with van der Waals surface area (Å²) in [4.78, 5) is 12.8. The molecule has 1 aromatic carbocycles. The van der Waals surface area contributed by atoms with Crippen molar-refractivity contribution in [2.45, 2.75) is 39.0 Å². The summed E-state index contributed by atoms with van der Waals surface area (Å²) in [5.74, 6) is 1.67. The van der Waals surface area contributed by atoms with Gasteiger partial charge < -0.3 is 4.74 Å². The molecule has 0 radical (unpaired) electrons. The molecular weight excluding hydrogens is 224 g/mol. The first-order valence-corrected chi connectivity index (χ1v) is 6.87. The molecule has 0 aliphatic heterocycles. The molecule has 18 heavy (non-hydrogen) atoms. The molecule has 1 fully saturated rings. The average molecular weight is 244 g/mol. The van der Waals surface area contributed by atoms with Gasteiger partial charge in [0.05, 0.1) is 7.11 Å². The van der Waals surface area contributed by atoms with Crippen molar-refractivity contribution < 1.29 is 9.53 Å². The Morgan fingerprint density at radius 3 is 2.94 bits per heavy atom. The Bertz CT molecular complexity index is 492. The number of carbonyl (C=O) groups is 1. The second-order valence-electron chi connectivity index (χ2n) is 5.92. The lowest BCUT2D eigenvalue weighted by atomic mass is 9.58. The average Bonchev–Trinajstić information content (AvgIpc) is 2.40. The largest absolute Gasteiger partial charge is 0.497 e. The van der Waals surface area contributed by atoms with Crippen molar-refractivity contribution in [2.75, 3.05) is 7.11 Å². The van der Waals surface area contributed by atoms with Crippen LogP contribution >= 0.6 is 0 Å². The van der Waals surface area contributed by atoms with E-state index in [1.54, 1.807) is 7.11 Å². The van der Waals surface area contributed by atoms with E-state index < -0.39 is 0 Å². The SMILES string of the molecule is COc1ccc2c(c1)C(=O)C1(C)CCCCC1C2. The number of fused-ring (bicyclic) bond motifs is 2. The van der Waals surface area contributed by atoms with Crippen molar-refractivity contribution in [1.29, 1.82) is 0 Å². The molecule has 96 valence electrons. The lowest BCUT2D eigenvalue weighted by Crippen LogP contribution is -2.43. The van der Waals surface area contributed by atoms with E-state index >= 15 is 0 Å². The molecule has 0 spiro atoms. The number of hydrogen-bond donors (Lipinski definition) is 0. The molecule has 2 nitrogen and oxygen atoms in total. The van der Waals surface area contributed by atoms with E-state index in [-0.39, 0.29) is 5.41 Å². The number of ether oxygens (including phenoxy) is 1. The summed E-state index contributed by atoms with van der Waals surface area (Å²) in [7, 11) is 1.65. The molecule has 1 saturated carbocycles. The van der Waals surface area contributed by atoms with E-state index in [9.17, 15) is 4.79 Å². The topological polar surface area (TPSA) is 26.3 Å². The van der Waals surface area contributed by atoms with Crippen LogP contribution in [0.1, 0.15) is 48.5 Å². The van der Waals surface area contributed by atoms with Gasteiger partial charge in [-0.1, -0.05) is 25.8 Å². The zero-order valence-corrected chi connectivity index (χ0v) is 11.2. The highest BCUT2D eigenvalue weighted by molar-refractivity contribution is 6.03. The lowest BCUT2D eigenvalue weighted by Gasteiger charge is -2.44. The van der Waals surface area contributed by atoms with E-state index in [4.69, 9.17) is 4.74 Å². The van der Waals surface area contributed by atoms with Gasteiger partial charge in [0.25, 0.3) is 0 Å². The second-order valence-corrected chi connectivity index (χ2v) is 5.92. The molecule has 2 atom stereocenters. The van der Waals surface area contributed by atoms with E-state index in [0.29, 0.717) is 11.7 Å². The van der Waals surface area contributed by atoms with Crippen LogP contribution in [-0.4, -0.2) is 12.9 Å². The summed E-state index contributed by atoms with van der Waals surface area (Å²) >= 11 is 0. The Hall–Kier alpha value is -1.31. The third-order valence-electron chi connectivity index (χ3n) is 4.95. The van der Waals surface area contributed by atoms with Crippen LogP contribution in [0.25, 0.3) is 0 Å². The maximum atomic E-state index is 12.8. The van der Waals surface area contributed by atoms with Gasteiger partial charge >= 0.3 is 0 Å². The minimum absolute atomic E-state index is 0.127. The Morgan fingerprint density at radius 1 is 1.33 bits per heavy atom. The Labute approximate surface area is 108 Å². The van der Waals surface area contributed by atoms with Crippen LogP contribution in [-0.2, 0) is 6.42 Å². The maximum Gasteiger partial charge on any atom is 0.169 e. The summed E-state index contributed by atoms with van der Waals surface area (Å²) in [5.41, 5.74) is 1.98. The highest BCUT2D eigenvalue weighted by Gasteiger charge is 2.46. The van der Waals surface area contributed by atoms with Crippen molar-refractivity contribution in [1.82, 2.24) is 0 Å². The molecule has 1 aromatic rings. The second kappa shape index (κ2) is 4.11. The smallest absolute Gasteiger partial charge is 0.169 e. The zero-order valence-electron chi connectivity index (χ0n) is 11.2. The van der Waals surface area contributed by atoms with Gasteiger partial charge in [-0.15, -0.1) is 0 Å². The van der Waals surface area contributed by atoms with Gasteiger partial charge in [-0.2, -0.15) is 0 Å². The van der Waals surface area contributed by atoms with E-state index in [2.05, 4.69) is 13.0 Å². The van der Waals surface area contributed by atoms with Gasteiger partial charge in [0.15, 0.2) is 5.78 Å². The summed E-state index contributed by atoms with van der Waals surface area (Å²) in [6, 6.07) is 5.96. The minimum atomic E-state index is -0.127. The molecule has 0 heterocycles. The number of benzene rings is 1. The molecule has 0 bridgehead atoms. The predicted molar refractivity (Wildman–Crippen MR) is 71.1 cm³/mol. The highest BCUT2D eigenvalue weighted by atomic mass is 16.5. The van der Waals surface area contributed by atoms with Gasteiger partial charge in [-0.25, -0.2) is 0 Å². The fourth-order valence-electron chi connectivity index (χ4n) is 3.68. The van der Waals surface area contributed by atoms with Crippen LogP contribution in [0.2, 0.25) is 0 Å². The normalized spacial score (nSPS) is 30.6. The number of ketones is 1. The van der Waals surface area contributed by atoms with E-state index in [1.807, 2.05) is 12.1 Å². The number of hydrogen-bond acceptors (Lipinski definition) is 2. The molecule has 3 rings (SSSR count). The molecule has 2 aliphatic rings. The van der Waals surface area contributed by atoms with Crippen molar-refractivity contribution in [3.63, 3.8) is 0 Å². The van der Waals surface area contributed by atoms with Crippen LogP contribution in [0.3, 0.4) is 0 Å². The standard InChI is InChI=1S/C16H20O2/c1-16-8-4-3-5-12(16)9-11-6-7-13(18-2)10-14(11)15(16)17/h6-7,10,12H,3-5,8-9H2,1-2H3. The summed E-state index contributed by atoms with van der Waals surface area (Å²) in [6.07, 6.45) is 5.78. The quantitative estimate of drug-likeness (QED) is 0.754. The van der Waals surface area contributed by atoms with Gasteiger partial charge in [0.2, 0.25) is 0 Å². The molecule has 0 aromatic heterocycles. The van der Waals surface area contributed by atoms with Crippen molar-refractivity contribution in [2.24, 2.45) is 11.3 Å². The first kappa shape index (κ1) is 11.8. The first-order valence-electron chi connectivity index (χ1n) is 6.87. The molecule has 2 heteroatoms. The lowest BCUT2D eigenvalue weighted by molar-refractivity contribution is 0.0551. The monoisotopic (exact) mass is 244 g/mol. The van der Waals surface area contributed by atoms with Gasteiger partial charge in [-0.05, 0) is 42.9 Å². The van der Waals surface area contributed by atoms with Crippen LogP contribution < -0.4 is 4.74 Å². The van der Waals surface area contributed by atoms with Crippen LogP contribution in [0.4, 0.5) is 0 Å². The van der Waals surface area contributed by atoms with Gasteiger partial charge in [0, 0.05) is 11.0 Å². The number of carbonyl (C=O) groups excluding carboxylic acids is 1. The zero-order chi connectivity index (χ0) is 12.8. The predicted octanol–water partition coefficient (Wildman–Crippen LogP) is 3.63. The molecule has 0 amide bonds. The molecule has 0 saturated heterocycles. The van der Waals surface area contributed by atoms with Crippen molar-refractivity contribution in [3.05, 3.63) is 29.3 Å². The molecule has 0 N–H and O–H groups in total. The first-order chi connectivity index (χ1) is 8.65. The minimum Gasteiger partial charge on any atom is -0.497 e. The summed E-state index contributed by atoms with van der Waals surface area (Å²) < 4.78 is 5.25. The van der Waals surface area contributed by atoms with E-state index in [1.165, 1.54) is 24.8 Å². The highest BCUT2D eigenvalue weighted by Crippen LogP contribution is 2.48.